The van der Waals surface area contributed by atoms with Gasteiger partial charge in [-0.05, 0) is 31.6 Å². The molecule has 0 aromatic heterocycles. The van der Waals surface area contributed by atoms with Crippen molar-refractivity contribution in [1.82, 2.24) is 15.5 Å². The highest BCUT2D eigenvalue weighted by Crippen LogP contribution is 2.33. The lowest BCUT2D eigenvalue weighted by atomic mass is 9.95. The third-order valence-corrected chi connectivity index (χ3v) is 6.87. The summed E-state index contributed by atoms with van der Waals surface area (Å²) in [5.41, 5.74) is 0.0491. The largest absolute Gasteiger partial charge is 0.384 e. The maximum absolute atomic E-state index is 10.8. The number of halogens is 1. The summed E-state index contributed by atoms with van der Waals surface area (Å²) in [6.07, 6.45) is 1.19. The molecule has 0 spiro atoms. The fourth-order valence-corrected chi connectivity index (χ4v) is 5.32. The number of morpholine rings is 1. The summed E-state index contributed by atoms with van der Waals surface area (Å²) < 4.78 is 5.55. The predicted molar refractivity (Wildman–Crippen MR) is 132 cm³/mol. The van der Waals surface area contributed by atoms with Crippen molar-refractivity contribution in [3.63, 3.8) is 0 Å². The number of aliphatic hydroxyl groups is 1. The maximum Gasteiger partial charge on any atom is 0.191 e. The van der Waals surface area contributed by atoms with Crippen molar-refractivity contribution in [1.29, 1.82) is 0 Å². The van der Waals surface area contributed by atoms with Crippen molar-refractivity contribution in [2.45, 2.75) is 31.4 Å². The Morgan fingerprint density at radius 1 is 1.28 bits per heavy atom. The molecule has 29 heavy (non-hydrogen) atoms. The SMILES string of the molecule is CCNC(=NCC(C)(O)c1ccccc1)NCC1(N2CCOCC2)CCSC1.I. The monoisotopic (exact) mass is 534 g/mol. The molecular weight excluding hydrogens is 499 g/mol. The number of benzene rings is 1. The molecule has 0 saturated carbocycles. The third kappa shape index (κ3) is 6.72. The van der Waals surface area contributed by atoms with E-state index < -0.39 is 5.60 Å². The first-order valence-corrected chi connectivity index (χ1v) is 11.4. The molecule has 2 unspecified atom stereocenters. The molecule has 2 aliphatic heterocycles. The lowest BCUT2D eigenvalue weighted by Crippen LogP contribution is -2.60. The Bertz CT molecular complexity index is 633. The lowest BCUT2D eigenvalue weighted by Gasteiger charge is -2.43. The Balaban J connectivity index is 0.00000300. The normalized spacial score (nSPS) is 25.1. The molecule has 164 valence electrons. The van der Waals surface area contributed by atoms with Gasteiger partial charge in [-0.1, -0.05) is 30.3 Å². The van der Waals surface area contributed by atoms with Gasteiger partial charge in [-0.25, -0.2) is 4.99 Å². The van der Waals surface area contributed by atoms with Crippen LogP contribution < -0.4 is 10.6 Å². The molecule has 6 nitrogen and oxygen atoms in total. The van der Waals surface area contributed by atoms with Crippen LogP contribution in [-0.4, -0.2) is 78.9 Å². The van der Waals surface area contributed by atoms with E-state index in [1.165, 1.54) is 12.2 Å². The van der Waals surface area contributed by atoms with Crippen LogP contribution in [0, 0.1) is 0 Å². The number of nitrogens with zero attached hydrogens (tertiary/aromatic N) is 2. The highest BCUT2D eigenvalue weighted by Gasteiger charge is 2.40. The van der Waals surface area contributed by atoms with E-state index in [0.717, 1.165) is 56.7 Å². The van der Waals surface area contributed by atoms with Crippen LogP contribution in [0.2, 0.25) is 0 Å². The average Bonchev–Trinajstić information content (AvgIpc) is 3.22. The van der Waals surface area contributed by atoms with E-state index in [-0.39, 0.29) is 29.5 Å². The summed E-state index contributed by atoms with van der Waals surface area (Å²) in [4.78, 5) is 7.28. The summed E-state index contributed by atoms with van der Waals surface area (Å²) >= 11 is 2.03. The number of guanidine groups is 1. The molecule has 1 aromatic rings. The molecule has 2 saturated heterocycles. The molecule has 0 amide bonds. The van der Waals surface area contributed by atoms with Gasteiger partial charge in [0, 0.05) is 37.5 Å². The second-order valence-electron chi connectivity index (χ2n) is 7.81. The van der Waals surface area contributed by atoms with Gasteiger partial charge >= 0.3 is 0 Å². The summed E-state index contributed by atoms with van der Waals surface area (Å²) in [6, 6.07) is 9.74. The number of nitrogens with one attached hydrogen (secondary N) is 2. The summed E-state index contributed by atoms with van der Waals surface area (Å²) in [5.74, 6) is 3.11. The molecule has 8 heteroatoms. The molecule has 3 N–H and O–H groups in total. The molecule has 2 fully saturated rings. The topological polar surface area (TPSA) is 69.1 Å². The minimum absolute atomic E-state index is 0. The fourth-order valence-electron chi connectivity index (χ4n) is 3.85. The van der Waals surface area contributed by atoms with Crippen LogP contribution in [0.15, 0.2) is 35.3 Å². The average molecular weight is 535 g/mol. The minimum Gasteiger partial charge on any atom is -0.384 e. The van der Waals surface area contributed by atoms with Crippen LogP contribution in [0.1, 0.15) is 25.8 Å². The lowest BCUT2D eigenvalue weighted by molar-refractivity contribution is -0.0120. The zero-order valence-corrected chi connectivity index (χ0v) is 20.7. The van der Waals surface area contributed by atoms with Gasteiger partial charge in [-0.3, -0.25) is 4.90 Å². The molecular formula is C21H35IN4O2S. The van der Waals surface area contributed by atoms with Gasteiger partial charge < -0.3 is 20.5 Å². The molecule has 0 aliphatic carbocycles. The van der Waals surface area contributed by atoms with Gasteiger partial charge in [0.1, 0.15) is 5.60 Å². The zero-order valence-electron chi connectivity index (χ0n) is 17.5. The molecule has 1 aromatic carbocycles. The third-order valence-electron chi connectivity index (χ3n) is 5.63. The first-order valence-electron chi connectivity index (χ1n) is 10.3. The van der Waals surface area contributed by atoms with Crippen molar-refractivity contribution >= 4 is 41.7 Å². The van der Waals surface area contributed by atoms with E-state index in [1.54, 1.807) is 0 Å². The van der Waals surface area contributed by atoms with Gasteiger partial charge in [-0.2, -0.15) is 11.8 Å². The van der Waals surface area contributed by atoms with Gasteiger partial charge in [0.15, 0.2) is 5.96 Å². The van der Waals surface area contributed by atoms with Crippen molar-refractivity contribution in [3.05, 3.63) is 35.9 Å². The summed E-state index contributed by atoms with van der Waals surface area (Å²) in [6.45, 7) is 9.48. The van der Waals surface area contributed by atoms with Crippen molar-refractivity contribution in [2.24, 2.45) is 4.99 Å². The van der Waals surface area contributed by atoms with Crippen molar-refractivity contribution in [2.75, 3.05) is 57.4 Å². The Kier molecular flexibility index (Phi) is 10.0. The number of thioether (sulfide) groups is 1. The molecule has 2 atom stereocenters. The van der Waals surface area contributed by atoms with Gasteiger partial charge in [0.05, 0.1) is 19.8 Å². The Labute approximate surface area is 196 Å². The minimum atomic E-state index is -0.991. The molecule has 3 rings (SSSR count). The zero-order chi connectivity index (χ0) is 19.9. The van der Waals surface area contributed by atoms with Crippen LogP contribution in [0.3, 0.4) is 0 Å². The van der Waals surface area contributed by atoms with E-state index in [9.17, 15) is 5.11 Å². The van der Waals surface area contributed by atoms with Gasteiger partial charge in [-0.15, -0.1) is 24.0 Å². The first-order chi connectivity index (χ1) is 13.6. The quantitative estimate of drug-likeness (QED) is 0.284. The highest BCUT2D eigenvalue weighted by molar-refractivity contribution is 14.0. The Morgan fingerprint density at radius 3 is 2.62 bits per heavy atom. The molecule has 0 bridgehead atoms. The van der Waals surface area contributed by atoms with E-state index in [0.29, 0.717) is 6.54 Å². The van der Waals surface area contributed by atoms with Crippen molar-refractivity contribution < 1.29 is 9.84 Å². The second-order valence-corrected chi connectivity index (χ2v) is 8.92. The highest BCUT2D eigenvalue weighted by atomic mass is 127. The fraction of sp³-hybridized carbons (Fsp3) is 0.667. The van der Waals surface area contributed by atoms with Crippen molar-refractivity contribution in [3.8, 4) is 0 Å². The van der Waals surface area contributed by atoms with Crippen LogP contribution in [0.25, 0.3) is 0 Å². The predicted octanol–water partition coefficient (Wildman–Crippen LogP) is 2.28. The number of aliphatic imine (C=N–C) groups is 1. The van der Waals surface area contributed by atoms with Crippen LogP contribution in [0.5, 0.6) is 0 Å². The first kappa shape index (κ1) is 24.7. The standard InChI is InChI=1S/C21H34N4O2S.HI/c1-3-22-19(23-15-20(2,26)18-7-5-4-6-8-18)24-16-21(9-14-28-17-21)25-10-12-27-13-11-25;/h4-8,26H,3,9-17H2,1-2H3,(H2,22,23,24);1H. The van der Waals surface area contributed by atoms with Crippen LogP contribution in [-0.2, 0) is 10.3 Å². The molecule has 2 aliphatic rings. The number of hydrogen-bond acceptors (Lipinski definition) is 5. The number of hydrogen-bond donors (Lipinski definition) is 3. The van der Waals surface area contributed by atoms with Gasteiger partial charge in [0.25, 0.3) is 0 Å². The maximum atomic E-state index is 10.8. The molecule has 2 heterocycles. The van der Waals surface area contributed by atoms with E-state index in [2.05, 4.69) is 22.5 Å². The van der Waals surface area contributed by atoms with Crippen LogP contribution in [0.4, 0.5) is 0 Å². The second kappa shape index (κ2) is 11.7. The van der Waals surface area contributed by atoms with E-state index in [1.807, 2.05) is 49.0 Å². The smallest absolute Gasteiger partial charge is 0.191 e. The number of ether oxygens (including phenoxy) is 1. The van der Waals surface area contributed by atoms with E-state index in [4.69, 9.17) is 9.73 Å². The molecule has 0 radical (unpaired) electrons. The number of rotatable bonds is 7. The summed E-state index contributed by atoms with van der Waals surface area (Å²) in [7, 11) is 0. The van der Waals surface area contributed by atoms with Crippen LogP contribution >= 0.6 is 35.7 Å². The van der Waals surface area contributed by atoms with E-state index >= 15 is 0 Å². The Morgan fingerprint density at radius 2 is 2.00 bits per heavy atom. The Hall–Kier alpha value is -0.550. The van der Waals surface area contributed by atoms with Gasteiger partial charge in [0.2, 0.25) is 0 Å². The summed E-state index contributed by atoms with van der Waals surface area (Å²) in [5, 5.41) is 17.7.